The first kappa shape index (κ1) is 15.7. The summed E-state index contributed by atoms with van der Waals surface area (Å²) in [6.45, 7) is 8.31. The number of nitrogens with zero attached hydrogens (tertiary/aromatic N) is 2. The van der Waals surface area contributed by atoms with Crippen LogP contribution in [0.4, 0.5) is 11.4 Å². The van der Waals surface area contributed by atoms with Crippen LogP contribution >= 0.6 is 11.6 Å². The van der Waals surface area contributed by atoms with Gasteiger partial charge >= 0.3 is 0 Å². The van der Waals surface area contributed by atoms with Gasteiger partial charge in [-0.2, -0.15) is 0 Å². The summed E-state index contributed by atoms with van der Waals surface area (Å²) in [4.78, 5) is 12.3. The van der Waals surface area contributed by atoms with Crippen LogP contribution in [0.1, 0.15) is 26.3 Å². The van der Waals surface area contributed by atoms with Crippen LogP contribution < -0.4 is 4.90 Å². The fourth-order valence-electron chi connectivity index (χ4n) is 1.97. The van der Waals surface area contributed by atoms with E-state index in [0.717, 1.165) is 11.3 Å². The fraction of sp³-hybridized carbons (Fsp3) is 0.538. The van der Waals surface area contributed by atoms with Crippen LogP contribution in [0.15, 0.2) is 12.1 Å². The lowest BCUT2D eigenvalue weighted by molar-refractivity contribution is -0.384. The number of nitro benzene ring substituents is 1. The molecule has 0 aliphatic rings. The third-order valence-corrected chi connectivity index (χ3v) is 3.07. The molecule has 0 heterocycles. The van der Waals surface area contributed by atoms with Gasteiger partial charge in [0, 0.05) is 24.8 Å². The first-order chi connectivity index (χ1) is 8.65. The Balaban J connectivity index is 3.19. The van der Waals surface area contributed by atoms with E-state index in [-0.39, 0.29) is 10.7 Å². The van der Waals surface area contributed by atoms with Crippen LogP contribution in [0.25, 0.3) is 0 Å². The molecule has 5 nitrogen and oxygen atoms in total. The lowest BCUT2D eigenvalue weighted by atomic mass is 10.1. The molecule has 0 atom stereocenters. The van der Waals surface area contributed by atoms with Crippen molar-refractivity contribution >= 4 is 23.0 Å². The van der Waals surface area contributed by atoms with E-state index >= 15 is 0 Å². The predicted molar refractivity (Wildman–Crippen MR) is 77.0 cm³/mol. The highest BCUT2D eigenvalue weighted by molar-refractivity contribution is 6.33. The van der Waals surface area contributed by atoms with Gasteiger partial charge in [0.2, 0.25) is 0 Å². The minimum atomic E-state index is -0.850. The van der Waals surface area contributed by atoms with Crippen molar-refractivity contribution in [2.45, 2.75) is 33.3 Å². The Bertz CT molecular complexity index is 484. The van der Waals surface area contributed by atoms with Crippen LogP contribution in [-0.2, 0) is 0 Å². The predicted octanol–water partition coefficient (Wildman–Crippen LogP) is 3.15. The molecule has 106 valence electrons. The van der Waals surface area contributed by atoms with Crippen molar-refractivity contribution in [3.8, 4) is 0 Å². The van der Waals surface area contributed by atoms with E-state index < -0.39 is 10.5 Å². The van der Waals surface area contributed by atoms with Crippen molar-refractivity contribution < 1.29 is 10.0 Å². The summed E-state index contributed by atoms with van der Waals surface area (Å²) in [7, 11) is 0. The standard InChI is InChI=1S/C13H19ClN2O3/c1-5-15(8-13(3,4)17)11-7-10(14)12(16(18)19)6-9(11)2/h6-7,17H,5,8H2,1-4H3. The summed E-state index contributed by atoms with van der Waals surface area (Å²) >= 11 is 5.94. The average molecular weight is 287 g/mol. The van der Waals surface area contributed by atoms with Gasteiger partial charge in [0.15, 0.2) is 0 Å². The van der Waals surface area contributed by atoms with Gasteiger partial charge in [-0.3, -0.25) is 10.1 Å². The minimum Gasteiger partial charge on any atom is -0.389 e. The topological polar surface area (TPSA) is 66.6 Å². The molecule has 0 fully saturated rings. The first-order valence-electron chi connectivity index (χ1n) is 6.07. The number of likely N-dealkylation sites (N-methyl/N-ethyl adjacent to an activating group) is 1. The van der Waals surface area contributed by atoms with E-state index in [4.69, 9.17) is 11.6 Å². The molecule has 0 aliphatic carbocycles. The van der Waals surface area contributed by atoms with Crippen molar-refractivity contribution in [1.29, 1.82) is 0 Å². The Morgan fingerprint density at radius 1 is 1.47 bits per heavy atom. The van der Waals surface area contributed by atoms with Crippen LogP contribution in [-0.4, -0.2) is 28.7 Å². The summed E-state index contributed by atoms with van der Waals surface area (Å²) in [5.74, 6) is 0. The monoisotopic (exact) mass is 286 g/mol. The maximum Gasteiger partial charge on any atom is 0.288 e. The lowest BCUT2D eigenvalue weighted by Gasteiger charge is -2.31. The number of halogens is 1. The van der Waals surface area contributed by atoms with Gasteiger partial charge in [-0.15, -0.1) is 0 Å². The molecular formula is C13H19ClN2O3. The molecular weight excluding hydrogens is 268 g/mol. The molecule has 19 heavy (non-hydrogen) atoms. The SMILES string of the molecule is CCN(CC(C)(C)O)c1cc(Cl)c([N+](=O)[O-])cc1C. The molecule has 0 aromatic heterocycles. The number of rotatable bonds is 5. The number of hydrogen-bond acceptors (Lipinski definition) is 4. The Kier molecular flexibility index (Phi) is 4.76. The Labute approximate surface area is 117 Å². The third kappa shape index (κ3) is 4.08. The van der Waals surface area contributed by atoms with Gasteiger partial charge in [-0.05, 0) is 39.3 Å². The van der Waals surface area contributed by atoms with Gasteiger partial charge < -0.3 is 10.0 Å². The summed E-state index contributed by atoms with van der Waals surface area (Å²) in [5.41, 5.74) is 0.626. The van der Waals surface area contributed by atoms with Gasteiger partial charge in [0.25, 0.3) is 5.69 Å². The quantitative estimate of drug-likeness (QED) is 0.667. The second-order valence-corrected chi connectivity index (χ2v) is 5.58. The van der Waals surface area contributed by atoms with Crippen molar-refractivity contribution in [1.82, 2.24) is 0 Å². The molecule has 0 aliphatic heterocycles. The maximum absolute atomic E-state index is 10.8. The lowest BCUT2D eigenvalue weighted by Crippen LogP contribution is -2.38. The van der Waals surface area contributed by atoms with Gasteiger partial charge in [0.1, 0.15) is 5.02 Å². The van der Waals surface area contributed by atoms with E-state index in [1.54, 1.807) is 26.8 Å². The van der Waals surface area contributed by atoms with Gasteiger partial charge in [-0.1, -0.05) is 11.6 Å². The van der Waals surface area contributed by atoms with Gasteiger partial charge in [-0.25, -0.2) is 0 Å². The smallest absolute Gasteiger partial charge is 0.288 e. The molecule has 1 aromatic rings. The highest BCUT2D eigenvalue weighted by Crippen LogP contribution is 2.33. The highest BCUT2D eigenvalue weighted by atomic mass is 35.5. The zero-order valence-corrected chi connectivity index (χ0v) is 12.4. The highest BCUT2D eigenvalue weighted by Gasteiger charge is 2.22. The summed E-state index contributed by atoms with van der Waals surface area (Å²) in [5, 5.41) is 20.8. The Morgan fingerprint density at radius 2 is 2.05 bits per heavy atom. The number of aliphatic hydroxyl groups is 1. The molecule has 1 aromatic carbocycles. The van der Waals surface area contributed by atoms with E-state index in [2.05, 4.69) is 0 Å². The van der Waals surface area contributed by atoms with Crippen molar-refractivity contribution in [2.24, 2.45) is 0 Å². The molecule has 1 rings (SSSR count). The molecule has 1 N–H and O–H groups in total. The van der Waals surface area contributed by atoms with Crippen molar-refractivity contribution in [3.63, 3.8) is 0 Å². The Hall–Kier alpha value is -1.33. The molecule has 0 amide bonds. The number of aryl methyl sites for hydroxylation is 1. The second-order valence-electron chi connectivity index (χ2n) is 5.17. The van der Waals surface area contributed by atoms with E-state index in [9.17, 15) is 15.2 Å². The molecule has 0 bridgehead atoms. The van der Waals surface area contributed by atoms with Crippen molar-refractivity contribution in [2.75, 3.05) is 18.0 Å². The van der Waals surface area contributed by atoms with Crippen LogP contribution in [0.5, 0.6) is 0 Å². The van der Waals surface area contributed by atoms with Crippen LogP contribution in [0, 0.1) is 17.0 Å². The molecule has 0 unspecified atom stereocenters. The van der Waals surface area contributed by atoms with E-state index in [0.29, 0.717) is 13.1 Å². The van der Waals surface area contributed by atoms with Gasteiger partial charge in [0.05, 0.1) is 10.5 Å². The number of anilines is 1. The summed E-state index contributed by atoms with van der Waals surface area (Å²) < 4.78 is 0. The van der Waals surface area contributed by atoms with E-state index in [1.165, 1.54) is 6.07 Å². The molecule has 0 spiro atoms. The molecule has 0 saturated heterocycles. The van der Waals surface area contributed by atoms with Crippen molar-refractivity contribution in [3.05, 3.63) is 32.8 Å². The Morgan fingerprint density at radius 3 is 2.47 bits per heavy atom. The minimum absolute atomic E-state index is 0.0952. The van der Waals surface area contributed by atoms with Crippen LogP contribution in [0.2, 0.25) is 5.02 Å². The van der Waals surface area contributed by atoms with E-state index in [1.807, 2.05) is 11.8 Å². The summed E-state index contributed by atoms with van der Waals surface area (Å²) in [6.07, 6.45) is 0. The summed E-state index contributed by atoms with van der Waals surface area (Å²) in [6, 6.07) is 3.05. The second kappa shape index (κ2) is 5.75. The van der Waals surface area contributed by atoms with Crippen LogP contribution in [0.3, 0.4) is 0 Å². The maximum atomic E-state index is 10.8. The zero-order valence-electron chi connectivity index (χ0n) is 11.6. The largest absolute Gasteiger partial charge is 0.389 e. The number of hydrogen-bond donors (Lipinski definition) is 1. The molecule has 6 heteroatoms. The normalized spacial score (nSPS) is 11.5. The zero-order chi connectivity index (χ0) is 14.8. The first-order valence-corrected chi connectivity index (χ1v) is 6.45. The molecule has 0 saturated carbocycles. The average Bonchev–Trinajstić information content (AvgIpc) is 2.27. The number of benzene rings is 1. The third-order valence-electron chi connectivity index (χ3n) is 2.76. The fourth-order valence-corrected chi connectivity index (χ4v) is 2.20. The number of nitro groups is 1. The molecule has 0 radical (unpaired) electrons.